The molecular weight excluding hydrogens is 370 g/mol. The average Bonchev–Trinajstić information content (AvgIpc) is 2.70. The van der Waals surface area contributed by atoms with Crippen LogP contribution in [0.1, 0.15) is 10.4 Å². The number of hydrogen-bond acceptors (Lipinski definition) is 7. The van der Waals surface area contributed by atoms with Crippen molar-refractivity contribution in [2.45, 2.75) is 5.03 Å². The molecule has 0 spiro atoms. The maximum Gasteiger partial charge on any atom is 0.269 e. The predicted molar refractivity (Wildman–Crippen MR) is 99.0 cm³/mol. The first-order valence-electron chi connectivity index (χ1n) is 7.71. The van der Waals surface area contributed by atoms with Gasteiger partial charge in [0.15, 0.2) is 0 Å². The first kappa shape index (κ1) is 18.3. The van der Waals surface area contributed by atoms with Gasteiger partial charge in [0.1, 0.15) is 11.4 Å². The maximum atomic E-state index is 12.0. The molecular formula is C17H13N5O4S. The van der Waals surface area contributed by atoms with Crippen molar-refractivity contribution in [3.05, 3.63) is 70.5 Å². The molecule has 10 heteroatoms. The summed E-state index contributed by atoms with van der Waals surface area (Å²) in [6.45, 7) is 0. The van der Waals surface area contributed by atoms with Crippen LogP contribution in [0.15, 0.2) is 59.9 Å². The molecule has 0 atom stereocenters. The molecule has 1 aromatic heterocycles. The molecule has 136 valence electrons. The zero-order valence-corrected chi connectivity index (χ0v) is 14.6. The van der Waals surface area contributed by atoms with Crippen LogP contribution in [0.25, 0.3) is 10.9 Å². The number of thioether (sulfide) groups is 1. The van der Waals surface area contributed by atoms with E-state index in [1.807, 2.05) is 24.3 Å². The summed E-state index contributed by atoms with van der Waals surface area (Å²) in [5, 5.41) is 12.1. The number of hydrazine groups is 1. The molecule has 0 unspecified atom stereocenters. The van der Waals surface area contributed by atoms with Gasteiger partial charge in [-0.05, 0) is 18.2 Å². The lowest BCUT2D eigenvalue weighted by Gasteiger charge is -2.08. The molecule has 0 fully saturated rings. The van der Waals surface area contributed by atoms with Gasteiger partial charge < -0.3 is 0 Å². The Hall–Kier alpha value is -3.53. The lowest BCUT2D eigenvalue weighted by molar-refractivity contribution is -0.384. The van der Waals surface area contributed by atoms with E-state index in [1.54, 1.807) is 0 Å². The molecule has 0 aliphatic rings. The second-order valence-electron chi connectivity index (χ2n) is 5.29. The number of nitro benzene ring substituents is 1. The maximum absolute atomic E-state index is 12.0. The summed E-state index contributed by atoms with van der Waals surface area (Å²) in [5.74, 6) is -0.949. The number of non-ortho nitro benzene ring substituents is 1. The number of benzene rings is 2. The van der Waals surface area contributed by atoms with Crippen LogP contribution in [0.3, 0.4) is 0 Å². The number of nitrogens with one attached hydrogen (secondary N) is 2. The average molecular weight is 383 g/mol. The van der Waals surface area contributed by atoms with Gasteiger partial charge in [-0.3, -0.25) is 30.6 Å². The zero-order chi connectivity index (χ0) is 19.2. The van der Waals surface area contributed by atoms with E-state index in [9.17, 15) is 19.7 Å². The first-order chi connectivity index (χ1) is 13.0. The van der Waals surface area contributed by atoms with Crippen molar-refractivity contribution in [3.63, 3.8) is 0 Å². The number of para-hydroxylation sites is 1. The normalized spacial score (nSPS) is 10.4. The fourth-order valence-electron chi connectivity index (χ4n) is 2.20. The predicted octanol–water partition coefficient (Wildman–Crippen LogP) is 2.09. The van der Waals surface area contributed by atoms with Crippen molar-refractivity contribution in [1.82, 2.24) is 20.8 Å². The van der Waals surface area contributed by atoms with Gasteiger partial charge in [0.05, 0.1) is 16.2 Å². The van der Waals surface area contributed by atoms with E-state index < -0.39 is 16.7 Å². The second kappa shape index (κ2) is 8.23. The molecule has 0 aliphatic carbocycles. The largest absolute Gasteiger partial charge is 0.272 e. The highest BCUT2D eigenvalue weighted by atomic mass is 32.2. The smallest absolute Gasteiger partial charge is 0.269 e. The lowest BCUT2D eigenvalue weighted by atomic mass is 10.2. The third-order valence-electron chi connectivity index (χ3n) is 3.50. The van der Waals surface area contributed by atoms with E-state index >= 15 is 0 Å². The van der Waals surface area contributed by atoms with Crippen LogP contribution in [0.2, 0.25) is 0 Å². The third-order valence-corrected chi connectivity index (χ3v) is 4.51. The van der Waals surface area contributed by atoms with Crippen LogP contribution < -0.4 is 10.9 Å². The van der Waals surface area contributed by atoms with Crippen molar-refractivity contribution < 1.29 is 14.5 Å². The molecule has 3 aromatic rings. The van der Waals surface area contributed by atoms with Crippen LogP contribution in [-0.4, -0.2) is 32.5 Å². The van der Waals surface area contributed by atoms with Gasteiger partial charge in [-0.1, -0.05) is 30.0 Å². The minimum Gasteiger partial charge on any atom is -0.272 e. The number of aromatic nitrogens is 2. The first-order valence-corrected chi connectivity index (χ1v) is 8.69. The molecule has 0 saturated heterocycles. The Morgan fingerprint density at radius 3 is 2.52 bits per heavy atom. The Bertz CT molecular complexity index is 1000. The number of amides is 2. The quantitative estimate of drug-likeness (QED) is 0.299. The molecule has 0 radical (unpaired) electrons. The Morgan fingerprint density at radius 1 is 1.04 bits per heavy atom. The topological polar surface area (TPSA) is 127 Å². The molecule has 0 aliphatic heterocycles. The summed E-state index contributed by atoms with van der Waals surface area (Å²) in [6, 6.07) is 12.5. The van der Waals surface area contributed by atoms with Crippen LogP contribution in [0.5, 0.6) is 0 Å². The molecule has 2 N–H and O–H groups in total. The fraction of sp³-hybridized carbons (Fsp3) is 0.0588. The number of rotatable bonds is 5. The Kier molecular flexibility index (Phi) is 5.57. The molecule has 1 heterocycles. The van der Waals surface area contributed by atoms with Crippen LogP contribution in [0, 0.1) is 10.1 Å². The zero-order valence-electron chi connectivity index (χ0n) is 13.8. The number of carbonyl (C=O) groups is 2. The number of carbonyl (C=O) groups excluding carboxylic acids is 2. The van der Waals surface area contributed by atoms with E-state index in [-0.39, 0.29) is 17.0 Å². The number of fused-ring (bicyclic) bond motifs is 1. The Labute approximate surface area is 157 Å². The molecule has 2 aromatic carbocycles. The van der Waals surface area contributed by atoms with E-state index in [2.05, 4.69) is 20.8 Å². The summed E-state index contributed by atoms with van der Waals surface area (Å²) in [6.07, 6.45) is 1.43. The van der Waals surface area contributed by atoms with Gasteiger partial charge in [0.2, 0.25) is 5.91 Å². The van der Waals surface area contributed by atoms with Gasteiger partial charge in [-0.15, -0.1) is 0 Å². The van der Waals surface area contributed by atoms with E-state index in [0.717, 1.165) is 10.9 Å². The summed E-state index contributed by atoms with van der Waals surface area (Å²) < 4.78 is 0. The third kappa shape index (κ3) is 4.55. The summed E-state index contributed by atoms with van der Waals surface area (Å²) >= 11 is 1.22. The van der Waals surface area contributed by atoms with E-state index in [0.29, 0.717) is 5.03 Å². The molecule has 27 heavy (non-hydrogen) atoms. The van der Waals surface area contributed by atoms with Gasteiger partial charge in [0, 0.05) is 23.1 Å². The van der Waals surface area contributed by atoms with Gasteiger partial charge >= 0.3 is 0 Å². The van der Waals surface area contributed by atoms with Crippen molar-refractivity contribution in [2.75, 3.05) is 5.75 Å². The van der Waals surface area contributed by atoms with Gasteiger partial charge in [0.25, 0.3) is 11.6 Å². The minimum atomic E-state index is -0.573. The second-order valence-corrected chi connectivity index (χ2v) is 6.25. The lowest BCUT2D eigenvalue weighted by Crippen LogP contribution is -2.42. The number of nitrogens with zero attached hydrogens (tertiary/aromatic N) is 3. The molecule has 2 amide bonds. The van der Waals surface area contributed by atoms with Crippen LogP contribution >= 0.6 is 11.8 Å². The highest BCUT2D eigenvalue weighted by Crippen LogP contribution is 2.23. The fourth-order valence-corrected chi connectivity index (χ4v) is 2.99. The Morgan fingerprint density at radius 2 is 1.78 bits per heavy atom. The van der Waals surface area contributed by atoms with Gasteiger partial charge in [-0.2, -0.15) is 0 Å². The standard InChI is InChI=1S/C17H13N5O4S/c23-15(9-27-17-13-3-1-2-4-14(13)18-10-19-17)20-21-16(24)11-5-7-12(8-6-11)22(25)26/h1-8,10H,9H2,(H,20,23)(H,21,24). The monoisotopic (exact) mass is 383 g/mol. The summed E-state index contributed by atoms with van der Waals surface area (Å²) in [7, 11) is 0. The number of hydrogen-bond donors (Lipinski definition) is 2. The summed E-state index contributed by atoms with van der Waals surface area (Å²) in [4.78, 5) is 42.3. The molecule has 9 nitrogen and oxygen atoms in total. The highest BCUT2D eigenvalue weighted by Gasteiger charge is 2.11. The van der Waals surface area contributed by atoms with Gasteiger partial charge in [-0.25, -0.2) is 9.97 Å². The van der Waals surface area contributed by atoms with Crippen molar-refractivity contribution in [2.24, 2.45) is 0 Å². The van der Waals surface area contributed by atoms with Crippen LogP contribution in [0.4, 0.5) is 5.69 Å². The minimum absolute atomic E-state index is 0.0432. The Balaban J connectivity index is 1.53. The van der Waals surface area contributed by atoms with Crippen molar-refractivity contribution in [3.8, 4) is 0 Å². The highest BCUT2D eigenvalue weighted by molar-refractivity contribution is 8.00. The summed E-state index contributed by atoms with van der Waals surface area (Å²) in [5.41, 5.74) is 5.41. The molecule has 0 bridgehead atoms. The van der Waals surface area contributed by atoms with Crippen molar-refractivity contribution >= 4 is 40.2 Å². The van der Waals surface area contributed by atoms with E-state index in [1.165, 1.54) is 42.4 Å². The van der Waals surface area contributed by atoms with Crippen molar-refractivity contribution in [1.29, 1.82) is 0 Å². The SMILES string of the molecule is O=C(CSc1ncnc2ccccc12)NNC(=O)c1ccc([N+](=O)[O-])cc1. The van der Waals surface area contributed by atoms with Crippen LogP contribution in [-0.2, 0) is 4.79 Å². The molecule has 3 rings (SSSR count). The molecule has 0 saturated carbocycles. The van der Waals surface area contributed by atoms with E-state index in [4.69, 9.17) is 0 Å². The number of nitro groups is 1.